The minimum Gasteiger partial charge on any atom is -0.508 e. The lowest BCUT2D eigenvalue weighted by molar-refractivity contribution is -0.144. The number of esters is 2. The first-order valence-corrected chi connectivity index (χ1v) is 10.1. The van der Waals surface area contributed by atoms with Gasteiger partial charge in [-0.25, -0.2) is 4.79 Å². The zero-order chi connectivity index (χ0) is 21.6. The van der Waals surface area contributed by atoms with E-state index in [0.717, 1.165) is 24.8 Å². The summed E-state index contributed by atoms with van der Waals surface area (Å²) < 4.78 is 11.4. The largest absolute Gasteiger partial charge is 0.508 e. The second-order valence-electron chi connectivity index (χ2n) is 8.51. The molecule has 1 aliphatic carbocycles. The number of aromatic hydroxyl groups is 1. The van der Waals surface area contributed by atoms with Gasteiger partial charge in [0.25, 0.3) is 0 Å². The maximum Gasteiger partial charge on any atom is 0.338 e. The molecule has 0 unspecified atom stereocenters. The van der Waals surface area contributed by atoms with Gasteiger partial charge >= 0.3 is 11.9 Å². The smallest absolute Gasteiger partial charge is 0.338 e. The average Bonchev–Trinajstić information content (AvgIpc) is 2.65. The molecule has 0 radical (unpaired) electrons. The molecule has 29 heavy (non-hydrogen) atoms. The number of phenols is 1. The second kappa shape index (κ2) is 9.77. The topological polar surface area (TPSA) is 72.8 Å². The van der Waals surface area contributed by atoms with Crippen molar-refractivity contribution < 1.29 is 24.2 Å². The van der Waals surface area contributed by atoms with E-state index in [2.05, 4.69) is 26.8 Å². The molecule has 1 aliphatic rings. The van der Waals surface area contributed by atoms with E-state index in [1.54, 1.807) is 12.1 Å². The highest BCUT2D eigenvalue weighted by molar-refractivity contribution is 5.89. The first-order valence-electron chi connectivity index (χ1n) is 10.1. The van der Waals surface area contributed by atoms with Crippen molar-refractivity contribution in [3.63, 3.8) is 0 Å². The van der Waals surface area contributed by atoms with Crippen molar-refractivity contribution in [2.75, 3.05) is 0 Å². The van der Waals surface area contributed by atoms with E-state index < -0.39 is 12.1 Å². The highest BCUT2D eigenvalue weighted by atomic mass is 16.5. The van der Waals surface area contributed by atoms with Crippen LogP contribution >= 0.6 is 0 Å². The Morgan fingerprint density at radius 2 is 1.76 bits per heavy atom. The summed E-state index contributed by atoms with van der Waals surface area (Å²) in [7, 11) is 0. The molecule has 0 aromatic heterocycles. The van der Waals surface area contributed by atoms with Gasteiger partial charge < -0.3 is 14.6 Å². The third-order valence-corrected chi connectivity index (χ3v) is 5.41. The fraction of sp³-hybridized carbons (Fsp3) is 0.500. The van der Waals surface area contributed by atoms with Crippen molar-refractivity contribution in [3.05, 3.63) is 53.1 Å². The Bertz CT molecular complexity index is 786. The molecular weight excluding hydrogens is 368 g/mol. The molecule has 1 N–H and O–H groups in total. The van der Waals surface area contributed by atoms with Gasteiger partial charge in [0.05, 0.1) is 5.56 Å². The van der Waals surface area contributed by atoms with Crippen molar-refractivity contribution in [2.45, 2.75) is 72.5 Å². The van der Waals surface area contributed by atoms with Crippen molar-refractivity contribution in [1.82, 2.24) is 0 Å². The summed E-state index contributed by atoms with van der Waals surface area (Å²) in [4.78, 5) is 24.3. The van der Waals surface area contributed by atoms with Gasteiger partial charge in [-0.3, -0.25) is 4.79 Å². The standard InChI is InChI=1S/C24H32O5/c1-16-7-6-14-24(4,5)22(15-17(2)21(13-8-16)28-18(3)25)29-23(27)19-9-11-20(26)12-10-19/h8-12,15,21-22,26H,6-7,13-14H2,1-5H3/b16-8+,17-15?/t21-,22-/m0/s1. The van der Waals surface area contributed by atoms with Gasteiger partial charge in [-0.05, 0) is 69.0 Å². The van der Waals surface area contributed by atoms with Gasteiger partial charge in [0, 0.05) is 18.8 Å². The molecule has 0 saturated heterocycles. The summed E-state index contributed by atoms with van der Waals surface area (Å²) in [6, 6.07) is 6.01. The zero-order valence-electron chi connectivity index (χ0n) is 18.0. The summed E-state index contributed by atoms with van der Waals surface area (Å²) in [6.07, 6.45) is 6.61. The summed E-state index contributed by atoms with van der Waals surface area (Å²) in [5, 5.41) is 9.45. The maximum absolute atomic E-state index is 12.7. The van der Waals surface area contributed by atoms with E-state index >= 15 is 0 Å². The van der Waals surface area contributed by atoms with Crippen LogP contribution in [0.5, 0.6) is 5.75 Å². The minimum atomic E-state index is -0.472. The van der Waals surface area contributed by atoms with Crippen molar-refractivity contribution in [3.8, 4) is 5.75 Å². The third-order valence-electron chi connectivity index (χ3n) is 5.41. The summed E-state index contributed by atoms with van der Waals surface area (Å²) in [5.41, 5.74) is 2.22. The van der Waals surface area contributed by atoms with Crippen molar-refractivity contribution in [2.24, 2.45) is 5.41 Å². The molecule has 5 nitrogen and oxygen atoms in total. The first-order chi connectivity index (χ1) is 13.6. The molecule has 0 fully saturated rings. The highest BCUT2D eigenvalue weighted by Gasteiger charge is 2.32. The van der Waals surface area contributed by atoms with Crippen molar-refractivity contribution in [1.29, 1.82) is 0 Å². The number of ether oxygens (including phenoxy) is 2. The molecule has 0 aliphatic heterocycles. The van der Waals surface area contributed by atoms with E-state index in [4.69, 9.17) is 9.47 Å². The fourth-order valence-electron chi connectivity index (χ4n) is 3.45. The Hall–Kier alpha value is -2.56. The predicted octanol–water partition coefficient (Wildman–Crippen LogP) is 5.34. The molecular formula is C24H32O5. The lowest BCUT2D eigenvalue weighted by Gasteiger charge is -2.33. The lowest BCUT2D eigenvalue weighted by atomic mass is 9.80. The van der Waals surface area contributed by atoms with Gasteiger partial charge in [-0.1, -0.05) is 25.5 Å². The fourth-order valence-corrected chi connectivity index (χ4v) is 3.45. The number of carbonyl (C=O) groups is 2. The number of carbonyl (C=O) groups excluding carboxylic acids is 2. The number of hydrogen-bond donors (Lipinski definition) is 1. The molecule has 0 spiro atoms. The van der Waals surface area contributed by atoms with Crippen LogP contribution in [0.2, 0.25) is 0 Å². The van der Waals surface area contributed by atoms with Crippen LogP contribution in [0.4, 0.5) is 0 Å². The second-order valence-corrected chi connectivity index (χ2v) is 8.51. The molecule has 0 heterocycles. The molecule has 2 rings (SSSR count). The zero-order valence-corrected chi connectivity index (χ0v) is 18.0. The minimum absolute atomic E-state index is 0.0969. The van der Waals surface area contributed by atoms with Crippen LogP contribution in [0.1, 0.15) is 70.7 Å². The van der Waals surface area contributed by atoms with E-state index in [9.17, 15) is 14.7 Å². The summed E-state index contributed by atoms with van der Waals surface area (Å²) in [5.74, 6) is -0.680. The maximum atomic E-state index is 12.7. The Morgan fingerprint density at radius 3 is 2.38 bits per heavy atom. The number of benzene rings is 1. The summed E-state index contributed by atoms with van der Waals surface area (Å²) >= 11 is 0. The normalized spacial score (nSPS) is 24.3. The van der Waals surface area contributed by atoms with Gasteiger partial charge in [0.2, 0.25) is 0 Å². The van der Waals surface area contributed by atoms with Gasteiger partial charge in [0.1, 0.15) is 18.0 Å². The number of rotatable bonds is 3. The van der Waals surface area contributed by atoms with E-state index in [0.29, 0.717) is 12.0 Å². The van der Waals surface area contributed by atoms with E-state index in [1.165, 1.54) is 24.6 Å². The third kappa shape index (κ3) is 6.77. The van der Waals surface area contributed by atoms with Gasteiger partial charge in [0.15, 0.2) is 0 Å². The number of allylic oxidation sites excluding steroid dienone is 1. The van der Waals surface area contributed by atoms with E-state index in [-0.39, 0.29) is 23.2 Å². The SMILES string of the molecule is CC(=O)O[C@H]1C/C=C(\C)CCCC(C)(C)[C@@H](OC(=O)c2ccc(O)cc2)C=C1C. The van der Waals surface area contributed by atoms with Gasteiger partial charge in [-0.15, -0.1) is 0 Å². The Kier molecular flexibility index (Phi) is 7.66. The Labute approximate surface area is 173 Å². The average molecular weight is 401 g/mol. The lowest BCUT2D eigenvalue weighted by Crippen LogP contribution is -2.33. The van der Waals surface area contributed by atoms with Crippen LogP contribution in [0.15, 0.2) is 47.6 Å². The van der Waals surface area contributed by atoms with Crippen LogP contribution < -0.4 is 0 Å². The van der Waals surface area contributed by atoms with Crippen LogP contribution in [-0.2, 0) is 14.3 Å². The van der Waals surface area contributed by atoms with Crippen LogP contribution in [0, 0.1) is 5.41 Å². The monoisotopic (exact) mass is 400 g/mol. The predicted molar refractivity (Wildman–Crippen MR) is 113 cm³/mol. The number of phenolic OH excluding ortho intramolecular Hbond substituents is 1. The van der Waals surface area contributed by atoms with Crippen LogP contribution in [-0.4, -0.2) is 29.3 Å². The molecule has 5 heteroatoms. The Morgan fingerprint density at radius 1 is 1.10 bits per heavy atom. The first kappa shape index (κ1) is 22.7. The quantitative estimate of drug-likeness (QED) is 0.547. The molecule has 0 bridgehead atoms. The van der Waals surface area contributed by atoms with Crippen molar-refractivity contribution >= 4 is 11.9 Å². The number of hydrogen-bond acceptors (Lipinski definition) is 5. The molecule has 0 saturated carbocycles. The van der Waals surface area contributed by atoms with Gasteiger partial charge in [-0.2, -0.15) is 0 Å². The highest BCUT2D eigenvalue weighted by Crippen LogP contribution is 2.34. The molecule has 1 aromatic carbocycles. The molecule has 158 valence electrons. The molecule has 1 aromatic rings. The van der Waals surface area contributed by atoms with Crippen LogP contribution in [0.3, 0.4) is 0 Å². The molecule has 2 atom stereocenters. The summed E-state index contributed by atoms with van der Waals surface area (Å²) in [6.45, 7) is 9.58. The van der Waals surface area contributed by atoms with Crippen LogP contribution in [0.25, 0.3) is 0 Å². The molecule has 0 amide bonds. The Balaban J connectivity index is 2.34. The van der Waals surface area contributed by atoms with E-state index in [1.807, 2.05) is 13.0 Å².